The van der Waals surface area contributed by atoms with Crippen LogP contribution in [-0.4, -0.2) is 43.4 Å². The van der Waals surface area contributed by atoms with Crippen molar-refractivity contribution in [1.29, 1.82) is 0 Å². The first-order valence-electron chi connectivity index (χ1n) is 7.40. The summed E-state index contributed by atoms with van der Waals surface area (Å²) in [6.07, 6.45) is -3.96. The average Bonchev–Trinajstić information content (AvgIpc) is 2.52. The van der Waals surface area contributed by atoms with E-state index < -0.39 is 31.7 Å². The number of hydrogen-bond acceptors (Lipinski definition) is 3. The van der Waals surface area contributed by atoms with Crippen LogP contribution in [-0.2, 0) is 4.74 Å². The zero-order chi connectivity index (χ0) is 17.5. The maximum Gasteiger partial charge on any atom is 0.330 e. The van der Waals surface area contributed by atoms with Crippen molar-refractivity contribution >= 4 is 0 Å². The predicted octanol–water partition coefficient (Wildman–Crippen LogP) is 3.86. The lowest BCUT2D eigenvalue weighted by Crippen LogP contribution is -2.34. The minimum atomic E-state index is -4.22. The molecule has 0 saturated carbocycles. The Morgan fingerprint density at radius 2 is 1.74 bits per heavy atom. The third kappa shape index (κ3) is 6.74. The normalized spacial score (nSPS) is 14.8. The molecule has 0 unspecified atom stereocenters. The van der Waals surface area contributed by atoms with Crippen LogP contribution in [0.1, 0.15) is 31.7 Å². The maximum atomic E-state index is 12.6. The molecule has 0 aliphatic rings. The Kier molecular flexibility index (Phi) is 7.78. The molecule has 0 aromatic heterocycles. The zero-order valence-electron chi connectivity index (χ0n) is 13.1. The van der Waals surface area contributed by atoms with Crippen molar-refractivity contribution in [3.05, 3.63) is 29.8 Å². The molecule has 1 N–H and O–H groups in total. The lowest BCUT2D eigenvalue weighted by Gasteiger charge is -2.17. The van der Waals surface area contributed by atoms with Gasteiger partial charge in [0.05, 0.1) is 6.61 Å². The molecular weight excluding hydrogens is 316 g/mol. The van der Waals surface area contributed by atoms with E-state index in [9.17, 15) is 22.7 Å². The van der Waals surface area contributed by atoms with Crippen LogP contribution in [0.4, 0.5) is 17.6 Å². The van der Waals surface area contributed by atoms with Crippen molar-refractivity contribution in [2.24, 2.45) is 0 Å². The molecule has 1 aromatic carbocycles. The van der Waals surface area contributed by atoms with Gasteiger partial charge in [0.15, 0.2) is 0 Å². The molecule has 23 heavy (non-hydrogen) atoms. The Hall–Kier alpha value is -1.34. The van der Waals surface area contributed by atoms with Gasteiger partial charge in [0.2, 0.25) is 0 Å². The van der Waals surface area contributed by atoms with E-state index in [-0.39, 0.29) is 6.61 Å². The van der Waals surface area contributed by atoms with Crippen LogP contribution in [0.25, 0.3) is 0 Å². The summed E-state index contributed by atoms with van der Waals surface area (Å²) in [6, 6.07) is 7.32. The van der Waals surface area contributed by atoms with Crippen LogP contribution in [0.2, 0.25) is 0 Å². The molecule has 0 aliphatic heterocycles. The third-order valence-corrected chi connectivity index (χ3v) is 3.43. The predicted molar refractivity (Wildman–Crippen MR) is 78.4 cm³/mol. The van der Waals surface area contributed by atoms with E-state index in [0.29, 0.717) is 11.7 Å². The average molecular weight is 338 g/mol. The summed E-state index contributed by atoms with van der Waals surface area (Å²) in [5, 5.41) is 9.54. The van der Waals surface area contributed by atoms with Crippen LogP contribution in [0.15, 0.2) is 24.3 Å². The summed E-state index contributed by atoms with van der Waals surface area (Å²) >= 11 is 0. The molecule has 1 aromatic rings. The fourth-order valence-electron chi connectivity index (χ4n) is 1.76. The van der Waals surface area contributed by atoms with Gasteiger partial charge < -0.3 is 14.6 Å². The number of aliphatic hydroxyl groups is 1. The minimum absolute atomic E-state index is 0.178. The second-order valence-corrected chi connectivity index (χ2v) is 5.42. The molecule has 132 valence electrons. The van der Waals surface area contributed by atoms with Crippen molar-refractivity contribution in [3.63, 3.8) is 0 Å². The van der Waals surface area contributed by atoms with Crippen LogP contribution in [0, 0.1) is 0 Å². The monoisotopic (exact) mass is 338 g/mol. The van der Waals surface area contributed by atoms with Crippen molar-refractivity contribution in [2.45, 2.75) is 44.6 Å². The van der Waals surface area contributed by atoms with E-state index in [4.69, 9.17) is 4.74 Å². The molecule has 2 atom stereocenters. The van der Waals surface area contributed by atoms with Gasteiger partial charge in [-0.3, -0.25) is 0 Å². The maximum absolute atomic E-state index is 12.6. The molecule has 0 bridgehead atoms. The van der Waals surface area contributed by atoms with Gasteiger partial charge >= 0.3 is 12.3 Å². The number of ether oxygens (including phenoxy) is 2. The summed E-state index contributed by atoms with van der Waals surface area (Å²) in [5.41, 5.74) is 1.16. The Balaban J connectivity index is 2.32. The van der Waals surface area contributed by atoms with Gasteiger partial charge in [-0.1, -0.05) is 26.0 Å². The van der Waals surface area contributed by atoms with E-state index in [0.717, 1.165) is 12.0 Å². The summed E-state index contributed by atoms with van der Waals surface area (Å²) in [7, 11) is 0. The molecule has 7 heteroatoms. The van der Waals surface area contributed by atoms with Gasteiger partial charge in [0.1, 0.15) is 25.1 Å². The van der Waals surface area contributed by atoms with Crippen molar-refractivity contribution in [3.8, 4) is 5.75 Å². The number of benzene rings is 1. The molecule has 0 fully saturated rings. The zero-order valence-corrected chi connectivity index (χ0v) is 13.1. The van der Waals surface area contributed by atoms with Gasteiger partial charge in [-0.05, 0) is 30.0 Å². The highest BCUT2D eigenvalue weighted by atomic mass is 19.3. The standard InChI is InChI=1S/C16H22F4O3/c1-3-11(2)12-4-6-14(7-5-12)23-9-13(21)8-22-10-16(19,20)15(17)18/h4-7,11,13,15,21H,3,8-10H2,1-2H3/t11-,13+/m1/s1. The van der Waals surface area contributed by atoms with Crippen molar-refractivity contribution in [1.82, 2.24) is 0 Å². The second-order valence-electron chi connectivity index (χ2n) is 5.42. The van der Waals surface area contributed by atoms with Gasteiger partial charge in [-0.2, -0.15) is 8.78 Å². The van der Waals surface area contributed by atoms with Crippen LogP contribution in [0.5, 0.6) is 5.75 Å². The molecule has 0 aliphatic carbocycles. The van der Waals surface area contributed by atoms with E-state index in [1.807, 2.05) is 12.1 Å². The van der Waals surface area contributed by atoms with Crippen molar-refractivity contribution in [2.75, 3.05) is 19.8 Å². The van der Waals surface area contributed by atoms with Crippen LogP contribution in [0.3, 0.4) is 0 Å². The smallest absolute Gasteiger partial charge is 0.330 e. The van der Waals surface area contributed by atoms with E-state index in [1.54, 1.807) is 12.1 Å². The first-order chi connectivity index (χ1) is 10.8. The summed E-state index contributed by atoms with van der Waals surface area (Å²) < 4.78 is 58.7. The number of halogens is 4. The van der Waals surface area contributed by atoms with E-state index in [1.165, 1.54) is 0 Å². The molecule has 1 rings (SSSR count). The Labute approximate surface area is 133 Å². The SMILES string of the molecule is CC[C@@H](C)c1ccc(OC[C@@H](O)COCC(F)(F)C(F)F)cc1. The highest BCUT2D eigenvalue weighted by Crippen LogP contribution is 2.23. The summed E-state index contributed by atoms with van der Waals surface area (Å²) in [4.78, 5) is 0. The number of rotatable bonds is 10. The Bertz CT molecular complexity index is 451. The fraction of sp³-hybridized carbons (Fsp3) is 0.625. The van der Waals surface area contributed by atoms with Gasteiger partial charge in [0, 0.05) is 0 Å². The van der Waals surface area contributed by atoms with Gasteiger partial charge in [-0.15, -0.1) is 0 Å². The third-order valence-electron chi connectivity index (χ3n) is 3.43. The Morgan fingerprint density at radius 1 is 1.13 bits per heavy atom. The van der Waals surface area contributed by atoms with Gasteiger partial charge in [-0.25, -0.2) is 8.78 Å². The number of alkyl halides is 4. The minimum Gasteiger partial charge on any atom is -0.491 e. The lowest BCUT2D eigenvalue weighted by atomic mass is 9.99. The summed E-state index contributed by atoms with van der Waals surface area (Å²) in [6.45, 7) is 2.07. The quantitative estimate of drug-likeness (QED) is 0.659. The van der Waals surface area contributed by atoms with E-state index >= 15 is 0 Å². The first-order valence-corrected chi connectivity index (χ1v) is 7.40. The Morgan fingerprint density at radius 3 is 2.26 bits per heavy atom. The van der Waals surface area contributed by atoms with Crippen LogP contribution >= 0.6 is 0 Å². The highest BCUT2D eigenvalue weighted by molar-refractivity contribution is 5.29. The fourth-order valence-corrected chi connectivity index (χ4v) is 1.76. The molecule has 0 amide bonds. The van der Waals surface area contributed by atoms with Crippen LogP contribution < -0.4 is 4.74 Å². The lowest BCUT2D eigenvalue weighted by molar-refractivity contribution is -0.171. The largest absolute Gasteiger partial charge is 0.491 e. The molecule has 0 heterocycles. The number of hydrogen-bond donors (Lipinski definition) is 1. The van der Waals surface area contributed by atoms with Gasteiger partial charge in [0.25, 0.3) is 0 Å². The molecule has 3 nitrogen and oxygen atoms in total. The molecule has 0 saturated heterocycles. The first kappa shape index (κ1) is 19.7. The molecular formula is C16H22F4O3. The molecule has 0 radical (unpaired) electrons. The highest BCUT2D eigenvalue weighted by Gasteiger charge is 2.41. The molecule has 0 spiro atoms. The number of aliphatic hydroxyl groups excluding tert-OH is 1. The van der Waals surface area contributed by atoms with Crippen molar-refractivity contribution < 1.29 is 32.1 Å². The summed E-state index contributed by atoms with van der Waals surface area (Å²) in [5.74, 6) is -3.26. The second kappa shape index (κ2) is 9.08. The topological polar surface area (TPSA) is 38.7 Å². The van der Waals surface area contributed by atoms with E-state index in [2.05, 4.69) is 18.6 Å².